The molecule has 1 heteroatoms. The molecule has 0 saturated heterocycles. The van der Waals surface area contributed by atoms with E-state index in [1.165, 1.54) is 38.5 Å². The normalized spacial score (nSPS) is 8.31. The topological polar surface area (TPSA) is 0 Å². The number of hydrogen-bond donors (Lipinski definition) is 0. The molecule has 0 nitrogen and oxygen atoms in total. The van der Waals surface area contributed by atoms with E-state index in [4.69, 9.17) is 0 Å². The maximum atomic E-state index is 3.60. The van der Waals surface area contributed by atoms with E-state index in [-0.39, 0.29) is 23.1 Å². The molecule has 0 aliphatic carbocycles. The van der Waals surface area contributed by atoms with E-state index in [9.17, 15) is 0 Å². The third-order valence-corrected chi connectivity index (χ3v) is 1.65. The van der Waals surface area contributed by atoms with Crippen LogP contribution in [0, 0.1) is 13.3 Å². The standard InChI is InChI=1S/C8H17.C4H9.Mg/c1-3-5-7-8-6-4-2;1-3-4-2;/h5H,3-4,6-8H2,1-2H3;1,3-4H2,2H3;/q2*-1;+2. The van der Waals surface area contributed by atoms with Gasteiger partial charge in [-0.15, -0.1) is 0 Å². The first-order valence-electron chi connectivity index (χ1n) is 5.44. The molecule has 0 N–H and O–H groups in total. The van der Waals surface area contributed by atoms with Crippen molar-refractivity contribution >= 4 is 23.1 Å². The molecular weight excluding hydrogens is 168 g/mol. The van der Waals surface area contributed by atoms with Crippen molar-refractivity contribution < 1.29 is 0 Å². The van der Waals surface area contributed by atoms with E-state index in [1.54, 1.807) is 0 Å². The van der Waals surface area contributed by atoms with Crippen LogP contribution in [0.25, 0.3) is 0 Å². The number of hydrogen-bond acceptors (Lipinski definition) is 0. The van der Waals surface area contributed by atoms with Gasteiger partial charge in [-0.3, -0.25) is 0 Å². The fourth-order valence-corrected chi connectivity index (χ4v) is 0.743. The molecule has 0 saturated carbocycles. The largest absolute Gasteiger partial charge is 2.00 e. The van der Waals surface area contributed by atoms with Crippen LogP contribution in [0.15, 0.2) is 0 Å². The third-order valence-electron chi connectivity index (χ3n) is 1.65. The van der Waals surface area contributed by atoms with E-state index in [1.807, 2.05) is 0 Å². The monoisotopic (exact) mass is 194 g/mol. The van der Waals surface area contributed by atoms with Crippen LogP contribution in [0.4, 0.5) is 0 Å². The maximum Gasteiger partial charge on any atom is 2.00 e. The first-order valence-corrected chi connectivity index (χ1v) is 5.44. The molecule has 0 unspecified atom stereocenters. The van der Waals surface area contributed by atoms with Gasteiger partial charge in [-0.1, -0.05) is 46.5 Å². The van der Waals surface area contributed by atoms with Gasteiger partial charge in [-0.05, 0) is 0 Å². The van der Waals surface area contributed by atoms with Gasteiger partial charge in [0.2, 0.25) is 0 Å². The zero-order valence-electron chi connectivity index (χ0n) is 9.94. The maximum absolute atomic E-state index is 3.60. The van der Waals surface area contributed by atoms with E-state index >= 15 is 0 Å². The molecular formula is C12H26Mg. The average molecular weight is 195 g/mol. The Kier molecular flexibility index (Phi) is 34.2. The minimum atomic E-state index is 0. The number of unbranched alkanes of at least 4 members (excludes halogenated alkanes) is 6. The number of rotatable bonds is 6. The molecule has 0 rings (SSSR count). The van der Waals surface area contributed by atoms with Crippen molar-refractivity contribution in [3.05, 3.63) is 13.3 Å². The molecule has 0 aliphatic rings. The van der Waals surface area contributed by atoms with Gasteiger partial charge in [-0.25, -0.2) is 0 Å². The summed E-state index contributed by atoms with van der Waals surface area (Å²) in [5.74, 6) is 0. The Balaban J connectivity index is -0.000000173. The van der Waals surface area contributed by atoms with E-state index in [0.29, 0.717) is 0 Å². The van der Waals surface area contributed by atoms with Crippen molar-refractivity contribution in [2.24, 2.45) is 0 Å². The average Bonchev–Trinajstić information content (AvgIpc) is 2.13. The van der Waals surface area contributed by atoms with Gasteiger partial charge in [0.1, 0.15) is 0 Å². The summed E-state index contributed by atoms with van der Waals surface area (Å²) in [5.41, 5.74) is 0. The van der Waals surface area contributed by atoms with E-state index < -0.39 is 0 Å². The second-order valence-electron chi connectivity index (χ2n) is 3.05. The fourth-order valence-electron chi connectivity index (χ4n) is 0.743. The molecule has 0 aromatic heterocycles. The minimum absolute atomic E-state index is 0. The van der Waals surface area contributed by atoms with Crippen LogP contribution in [-0.4, -0.2) is 23.1 Å². The van der Waals surface area contributed by atoms with Crippen molar-refractivity contribution in [3.63, 3.8) is 0 Å². The molecule has 0 aromatic rings. The molecule has 0 bridgehead atoms. The van der Waals surface area contributed by atoms with Crippen molar-refractivity contribution in [1.82, 2.24) is 0 Å². The summed E-state index contributed by atoms with van der Waals surface area (Å²) in [6, 6.07) is 0. The predicted octanol–water partition coefficient (Wildman–Crippen LogP) is 4.42. The van der Waals surface area contributed by atoms with Gasteiger partial charge in [0.25, 0.3) is 0 Å². The molecule has 0 aromatic carbocycles. The Morgan fingerprint density at radius 3 is 1.85 bits per heavy atom. The van der Waals surface area contributed by atoms with Crippen LogP contribution in [0.3, 0.4) is 0 Å². The van der Waals surface area contributed by atoms with Crippen LogP contribution in [0.1, 0.15) is 65.7 Å². The Morgan fingerprint density at radius 2 is 1.54 bits per heavy atom. The van der Waals surface area contributed by atoms with Crippen LogP contribution in [-0.2, 0) is 0 Å². The van der Waals surface area contributed by atoms with Gasteiger partial charge in [-0.2, -0.15) is 19.3 Å². The smallest absolute Gasteiger partial charge is 0.343 e. The minimum Gasteiger partial charge on any atom is -0.343 e. The molecule has 0 atom stereocenters. The summed E-state index contributed by atoms with van der Waals surface area (Å²) in [6.45, 7) is 10.2. The Labute approximate surface area is 102 Å². The zero-order valence-corrected chi connectivity index (χ0v) is 11.4. The summed E-state index contributed by atoms with van der Waals surface area (Å²) in [4.78, 5) is 0. The van der Waals surface area contributed by atoms with Crippen molar-refractivity contribution in [2.75, 3.05) is 0 Å². The van der Waals surface area contributed by atoms with Gasteiger partial charge < -0.3 is 13.3 Å². The SMILES string of the molecule is CC[CH-]CCCCC.[CH2-]CCC.[Mg+2]. The molecule has 0 amide bonds. The second-order valence-corrected chi connectivity index (χ2v) is 3.05. The summed E-state index contributed by atoms with van der Waals surface area (Å²) < 4.78 is 0. The fraction of sp³-hybridized carbons (Fsp3) is 0.833. The Bertz CT molecular complexity index is 45.1. The zero-order chi connectivity index (χ0) is 9.66. The summed E-state index contributed by atoms with van der Waals surface area (Å²) in [6.07, 6.45) is 11.3. The molecule has 0 radical (unpaired) electrons. The Hall–Kier alpha value is 0.766. The summed E-state index contributed by atoms with van der Waals surface area (Å²) in [7, 11) is 0. The van der Waals surface area contributed by atoms with Crippen LogP contribution >= 0.6 is 0 Å². The van der Waals surface area contributed by atoms with Crippen molar-refractivity contribution in [1.29, 1.82) is 0 Å². The summed E-state index contributed by atoms with van der Waals surface area (Å²) >= 11 is 0. The van der Waals surface area contributed by atoms with Gasteiger partial charge in [0.15, 0.2) is 0 Å². The molecule has 0 heterocycles. The predicted molar refractivity (Wildman–Crippen MR) is 64.8 cm³/mol. The summed E-state index contributed by atoms with van der Waals surface area (Å²) in [5, 5.41) is 0. The van der Waals surface area contributed by atoms with E-state index in [2.05, 4.69) is 34.1 Å². The van der Waals surface area contributed by atoms with Gasteiger partial charge >= 0.3 is 23.1 Å². The van der Waals surface area contributed by atoms with Crippen LogP contribution in [0.2, 0.25) is 0 Å². The van der Waals surface area contributed by atoms with Crippen molar-refractivity contribution in [3.8, 4) is 0 Å². The molecule has 0 fully saturated rings. The van der Waals surface area contributed by atoms with E-state index in [0.717, 1.165) is 6.42 Å². The quantitative estimate of drug-likeness (QED) is 0.334. The van der Waals surface area contributed by atoms with Crippen LogP contribution < -0.4 is 0 Å². The van der Waals surface area contributed by atoms with Gasteiger partial charge in [0.05, 0.1) is 0 Å². The molecule has 0 spiro atoms. The third kappa shape index (κ3) is 32.3. The molecule has 0 aliphatic heterocycles. The van der Waals surface area contributed by atoms with Gasteiger partial charge in [0, 0.05) is 0 Å². The first-order chi connectivity index (χ1) is 5.83. The molecule has 13 heavy (non-hydrogen) atoms. The van der Waals surface area contributed by atoms with Crippen molar-refractivity contribution in [2.45, 2.75) is 65.7 Å². The first kappa shape index (κ1) is 19.4. The second kappa shape index (κ2) is 23.0. The van der Waals surface area contributed by atoms with Crippen LogP contribution in [0.5, 0.6) is 0 Å². The Morgan fingerprint density at radius 1 is 1.00 bits per heavy atom. The molecule has 76 valence electrons.